The maximum absolute atomic E-state index is 10.8. The summed E-state index contributed by atoms with van der Waals surface area (Å²) in [7, 11) is 2.17. The van der Waals surface area contributed by atoms with E-state index in [0.29, 0.717) is 29.7 Å². The van der Waals surface area contributed by atoms with Crippen molar-refractivity contribution in [2.75, 3.05) is 7.05 Å². The number of nitrogens with zero attached hydrogens (tertiary/aromatic N) is 2. The van der Waals surface area contributed by atoms with Gasteiger partial charge in [0.15, 0.2) is 0 Å². The van der Waals surface area contributed by atoms with Crippen molar-refractivity contribution in [3.8, 4) is 0 Å². The van der Waals surface area contributed by atoms with E-state index in [-0.39, 0.29) is 12.1 Å². The van der Waals surface area contributed by atoms with Crippen LogP contribution in [0.5, 0.6) is 0 Å². The first kappa shape index (κ1) is 17.6. The number of hydrogen-bond donors (Lipinski definition) is 1. The van der Waals surface area contributed by atoms with Gasteiger partial charge in [-0.05, 0) is 61.6 Å². The lowest BCUT2D eigenvalue weighted by atomic mass is 9.71. The standard InChI is InChI=1S/C18H32N2O2/c1-11(2)18-17(21)7-6-15(20(18)5)10-16-12(3)8-14(19-22)9-13(16)4/h8,11-13,15-18,21H,6-7,9-10H2,1-5H3. The Morgan fingerprint density at radius 2 is 2.05 bits per heavy atom. The van der Waals surface area contributed by atoms with Crippen LogP contribution < -0.4 is 0 Å². The van der Waals surface area contributed by atoms with E-state index in [9.17, 15) is 10.0 Å². The third kappa shape index (κ3) is 3.60. The molecule has 6 unspecified atom stereocenters. The Hall–Kier alpha value is -0.740. The third-order valence-electron chi connectivity index (χ3n) is 5.97. The average molecular weight is 308 g/mol. The van der Waals surface area contributed by atoms with Crippen molar-refractivity contribution >= 4 is 0 Å². The van der Waals surface area contributed by atoms with Crippen molar-refractivity contribution in [1.29, 1.82) is 0 Å². The highest BCUT2D eigenvalue weighted by Gasteiger charge is 2.38. The monoisotopic (exact) mass is 308 g/mol. The van der Waals surface area contributed by atoms with E-state index in [0.717, 1.165) is 31.4 Å². The number of hydrogen-bond acceptors (Lipinski definition) is 4. The smallest absolute Gasteiger partial charge is 0.0814 e. The molecular formula is C18H32N2O2. The van der Waals surface area contributed by atoms with Crippen molar-refractivity contribution in [2.45, 2.75) is 71.6 Å². The highest BCUT2D eigenvalue weighted by Crippen LogP contribution is 2.39. The Bertz CT molecular complexity index is 421. The van der Waals surface area contributed by atoms with Gasteiger partial charge < -0.3 is 5.11 Å². The number of allylic oxidation sites excluding steroid dienone is 2. The van der Waals surface area contributed by atoms with Gasteiger partial charge in [-0.15, -0.1) is 4.91 Å². The van der Waals surface area contributed by atoms with E-state index in [2.05, 4.69) is 50.9 Å². The Kier molecular flexibility index (Phi) is 5.78. The van der Waals surface area contributed by atoms with Crippen LogP contribution in [0.4, 0.5) is 0 Å². The van der Waals surface area contributed by atoms with Gasteiger partial charge in [0.25, 0.3) is 0 Å². The molecule has 1 N–H and O–H groups in total. The molecule has 4 heteroatoms. The molecule has 0 spiro atoms. The topological polar surface area (TPSA) is 52.9 Å². The van der Waals surface area contributed by atoms with Crippen LogP contribution in [0.25, 0.3) is 0 Å². The summed E-state index contributed by atoms with van der Waals surface area (Å²) >= 11 is 0. The number of nitroso groups, excluding NO2 is 1. The summed E-state index contributed by atoms with van der Waals surface area (Å²) in [5.41, 5.74) is 0.726. The lowest BCUT2D eigenvalue weighted by molar-refractivity contribution is -0.0366. The zero-order chi connectivity index (χ0) is 16.4. The molecule has 6 atom stereocenters. The molecule has 0 radical (unpaired) electrons. The minimum atomic E-state index is -0.201. The SMILES string of the molecule is CC(C)C1C(O)CCC(CC2C(C)C=C(N=O)CC2C)N1C. The second-order valence-corrected chi connectivity index (χ2v) is 7.89. The highest BCUT2D eigenvalue weighted by atomic mass is 16.3. The summed E-state index contributed by atoms with van der Waals surface area (Å²) in [5, 5.41) is 13.5. The number of aliphatic hydroxyl groups is 1. The summed E-state index contributed by atoms with van der Waals surface area (Å²) < 4.78 is 0. The summed E-state index contributed by atoms with van der Waals surface area (Å²) in [5.74, 6) is 1.98. The van der Waals surface area contributed by atoms with Gasteiger partial charge in [-0.3, -0.25) is 4.90 Å². The highest BCUT2D eigenvalue weighted by molar-refractivity contribution is 5.10. The number of likely N-dealkylation sites (N-methyl/N-ethyl adjacent to an activating group) is 1. The van der Waals surface area contributed by atoms with E-state index in [1.807, 2.05) is 0 Å². The van der Waals surface area contributed by atoms with Gasteiger partial charge >= 0.3 is 0 Å². The minimum Gasteiger partial charge on any atom is -0.391 e. The number of piperidine rings is 1. The van der Waals surface area contributed by atoms with Crippen LogP contribution in [0.3, 0.4) is 0 Å². The van der Waals surface area contributed by atoms with Crippen LogP contribution in [0, 0.1) is 28.6 Å². The molecular weight excluding hydrogens is 276 g/mol. The summed E-state index contributed by atoms with van der Waals surface area (Å²) in [6.07, 6.45) is 5.80. The van der Waals surface area contributed by atoms with Gasteiger partial charge in [0, 0.05) is 12.1 Å². The third-order valence-corrected chi connectivity index (χ3v) is 5.97. The summed E-state index contributed by atoms with van der Waals surface area (Å²) in [4.78, 5) is 13.2. The molecule has 2 rings (SSSR count). The van der Waals surface area contributed by atoms with E-state index in [4.69, 9.17) is 0 Å². The fourth-order valence-corrected chi connectivity index (χ4v) is 4.77. The summed E-state index contributed by atoms with van der Waals surface area (Å²) in [6.45, 7) is 8.85. The minimum absolute atomic E-state index is 0.201. The predicted molar refractivity (Wildman–Crippen MR) is 90.3 cm³/mol. The van der Waals surface area contributed by atoms with Crippen molar-refractivity contribution in [3.05, 3.63) is 16.7 Å². The molecule has 2 aliphatic rings. The van der Waals surface area contributed by atoms with Crippen LogP contribution in [0.1, 0.15) is 53.4 Å². The molecule has 126 valence electrons. The van der Waals surface area contributed by atoms with Gasteiger partial charge in [0.2, 0.25) is 0 Å². The maximum atomic E-state index is 10.8. The number of rotatable bonds is 4. The lowest BCUT2D eigenvalue weighted by Crippen LogP contribution is -2.54. The molecule has 1 aliphatic carbocycles. The molecule has 1 fully saturated rings. The Morgan fingerprint density at radius 1 is 1.36 bits per heavy atom. The normalized spacial score (nSPS) is 40.6. The molecule has 4 nitrogen and oxygen atoms in total. The molecule has 0 saturated carbocycles. The largest absolute Gasteiger partial charge is 0.391 e. The maximum Gasteiger partial charge on any atom is 0.0814 e. The van der Waals surface area contributed by atoms with Crippen molar-refractivity contribution in [2.24, 2.45) is 28.8 Å². The predicted octanol–water partition coefficient (Wildman–Crippen LogP) is 3.80. The Morgan fingerprint density at radius 3 is 2.59 bits per heavy atom. The lowest BCUT2D eigenvalue weighted by Gasteiger charge is -2.47. The molecule has 0 amide bonds. The van der Waals surface area contributed by atoms with Crippen LogP contribution in [0.15, 0.2) is 16.9 Å². The zero-order valence-corrected chi connectivity index (χ0v) is 14.7. The van der Waals surface area contributed by atoms with Gasteiger partial charge in [-0.1, -0.05) is 33.8 Å². The van der Waals surface area contributed by atoms with E-state index < -0.39 is 0 Å². The van der Waals surface area contributed by atoms with Crippen LogP contribution in [-0.4, -0.2) is 35.2 Å². The van der Waals surface area contributed by atoms with Gasteiger partial charge in [0.05, 0.1) is 11.8 Å². The molecule has 1 saturated heterocycles. The van der Waals surface area contributed by atoms with Crippen molar-refractivity contribution in [1.82, 2.24) is 4.90 Å². The van der Waals surface area contributed by atoms with E-state index >= 15 is 0 Å². The first-order valence-electron chi connectivity index (χ1n) is 8.79. The van der Waals surface area contributed by atoms with Crippen LogP contribution in [-0.2, 0) is 0 Å². The van der Waals surface area contributed by atoms with E-state index in [1.165, 1.54) is 0 Å². The molecule has 0 aromatic rings. The Labute approximate surface area is 134 Å². The van der Waals surface area contributed by atoms with Gasteiger partial charge in [0.1, 0.15) is 0 Å². The molecule has 0 bridgehead atoms. The van der Waals surface area contributed by atoms with Crippen LogP contribution in [0.2, 0.25) is 0 Å². The Balaban J connectivity index is 2.07. The number of aliphatic hydroxyl groups excluding tert-OH is 1. The zero-order valence-electron chi connectivity index (χ0n) is 14.7. The van der Waals surface area contributed by atoms with E-state index in [1.54, 1.807) is 0 Å². The van der Waals surface area contributed by atoms with Crippen molar-refractivity contribution < 1.29 is 5.11 Å². The van der Waals surface area contributed by atoms with Crippen LogP contribution >= 0.6 is 0 Å². The second kappa shape index (κ2) is 7.22. The molecule has 0 aromatic carbocycles. The van der Waals surface area contributed by atoms with Crippen molar-refractivity contribution in [3.63, 3.8) is 0 Å². The fraction of sp³-hybridized carbons (Fsp3) is 0.889. The molecule has 0 aromatic heterocycles. The second-order valence-electron chi connectivity index (χ2n) is 7.89. The molecule has 1 aliphatic heterocycles. The quantitative estimate of drug-likeness (QED) is 0.804. The average Bonchev–Trinajstić information content (AvgIpc) is 2.44. The van der Waals surface area contributed by atoms with Gasteiger partial charge in [-0.2, -0.15) is 0 Å². The first-order valence-corrected chi connectivity index (χ1v) is 8.79. The summed E-state index contributed by atoms with van der Waals surface area (Å²) in [6, 6.07) is 0.792. The fourth-order valence-electron chi connectivity index (χ4n) is 4.77. The molecule has 22 heavy (non-hydrogen) atoms. The molecule has 1 heterocycles. The number of likely N-dealkylation sites (tertiary alicyclic amines) is 1. The first-order chi connectivity index (χ1) is 10.3. The van der Waals surface area contributed by atoms with Gasteiger partial charge in [-0.25, -0.2) is 0 Å².